The third-order valence-corrected chi connectivity index (χ3v) is 6.44. The predicted octanol–water partition coefficient (Wildman–Crippen LogP) is 6.07. The van der Waals surface area contributed by atoms with Gasteiger partial charge in [0.15, 0.2) is 5.65 Å². The van der Waals surface area contributed by atoms with Crippen molar-refractivity contribution in [1.29, 1.82) is 0 Å². The molecule has 1 fully saturated rings. The first-order chi connectivity index (χ1) is 18.1. The Kier molecular flexibility index (Phi) is 6.78. The van der Waals surface area contributed by atoms with Crippen molar-refractivity contribution in [2.24, 2.45) is 5.92 Å². The van der Waals surface area contributed by atoms with E-state index in [1.54, 1.807) is 13.0 Å². The summed E-state index contributed by atoms with van der Waals surface area (Å²) >= 11 is 6.21. The molecule has 0 spiro atoms. The molecule has 2 amide bonds. The Labute approximate surface area is 218 Å². The number of anilines is 3. The number of benzene rings is 1. The molecule has 4 aromatic rings. The highest BCUT2D eigenvalue weighted by Crippen LogP contribution is 2.35. The van der Waals surface area contributed by atoms with Gasteiger partial charge in [-0.2, -0.15) is 13.2 Å². The zero-order valence-electron chi connectivity index (χ0n) is 19.9. The van der Waals surface area contributed by atoms with Crippen molar-refractivity contribution in [3.05, 3.63) is 53.5 Å². The highest BCUT2D eigenvalue weighted by Gasteiger charge is 2.36. The molecular weight excluding hydrogens is 528 g/mol. The third-order valence-electron chi connectivity index (χ3n) is 6.23. The van der Waals surface area contributed by atoms with Crippen molar-refractivity contribution < 1.29 is 22.4 Å². The van der Waals surface area contributed by atoms with Crippen molar-refractivity contribution >= 4 is 46.0 Å². The lowest BCUT2D eigenvalue weighted by Gasteiger charge is -2.19. The fraction of sp³-hybridized carbons (Fsp3) is 0.292. The fourth-order valence-electron chi connectivity index (χ4n) is 4.42. The third kappa shape index (κ3) is 5.47. The number of fused-ring (bicyclic) bond motifs is 1. The number of urea groups is 1. The summed E-state index contributed by atoms with van der Waals surface area (Å²) in [5.74, 6) is -1.02. The summed E-state index contributed by atoms with van der Waals surface area (Å²) in [5.41, 5.74) is 2.85. The molecule has 5 rings (SSSR count). The van der Waals surface area contributed by atoms with E-state index in [9.17, 15) is 22.4 Å². The van der Waals surface area contributed by atoms with Crippen LogP contribution in [0, 0.1) is 18.7 Å². The van der Waals surface area contributed by atoms with E-state index in [1.807, 2.05) is 0 Å². The number of aromatic amines is 1. The van der Waals surface area contributed by atoms with E-state index >= 15 is 0 Å². The monoisotopic (exact) mass is 548 g/mol. The molecule has 1 aromatic carbocycles. The summed E-state index contributed by atoms with van der Waals surface area (Å²) in [6.45, 7) is 1.78. The number of amides is 2. The van der Waals surface area contributed by atoms with E-state index < -0.39 is 30.4 Å². The number of aromatic nitrogens is 5. The molecule has 1 aliphatic heterocycles. The van der Waals surface area contributed by atoms with Crippen LogP contribution in [-0.4, -0.2) is 55.1 Å². The van der Waals surface area contributed by atoms with Gasteiger partial charge in [0, 0.05) is 37.0 Å². The smallest absolute Gasteiger partial charge is 0.341 e. The second-order valence-corrected chi connectivity index (χ2v) is 9.43. The van der Waals surface area contributed by atoms with Gasteiger partial charge in [-0.1, -0.05) is 11.6 Å². The van der Waals surface area contributed by atoms with E-state index in [2.05, 4.69) is 35.6 Å². The van der Waals surface area contributed by atoms with Gasteiger partial charge < -0.3 is 20.5 Å². The maximum Gasteiger partial charge on any atom is 0.389 e. The minimum Gasteiger partial charge on any atom is -0.341 e. The maximum atomic E-state index is 14.8. The Balaban J connectivity index is 1.40. The van der Waals surface area contributed by atoms with Crippen LogP contribution < -0.4 is 10.6 Å². The van der Waals surface area contributed by atoms with E-state index in [1.165, 1.54) is 35.9 Å². The number of alkyl halides is 3. The molecule has 0 bridgehead atoms. The Hall–Kier alpha value is -4.00. The van der Waals surface area contributed by atoms with Crippen LogP contribution in [0.1, 0.15) is 18.4 Å². The molecule has 3 N–H and O–H groups in total. The number of carbonyl (C=O) groups is 1. The summed E-state index contributed by atoms with van der Waals surface area (Å²) in [5, 5.41) is 5.98. The summed E-state index contributed by atoms with van der Waals surface area (Å²) in [6, 6.07) is 3.63. The Morgan fingerprint density at radius 3 is 2.79 bits per heavy atom. The van der Waals surface area contributed by atoms with E-state index in [4.69, 9.17) is 11.6 Å². The van der Waals surface area contributed by atoms with Crippen molar-refractivity contribution in [1.82, 2.24) is 29.8 Å². The second kappa shape index (κ2) is 10.0. The SMILES string of the molecule is Cc1cc(F)c(NC(=O)N2CC[C@@H](CC(F)(F)F)C2)cc1Nc1ncc(Cl)cc1-c1ncnc2nc[nH]c12. The average Bonchev–Trinajstić information content (AvgIpc) is 3.51. The normalized spacial score (nSPS) is 15.7. The first-order valence-corrected chi connectivity index (χ1v) is 11.9. The number of pyridine rings is 1. The molecule has 0 aliphatic carbocycles. The summed E-state index contributed by atoms with van der Waals surface area (Å²) in [4.78, 5) is 33.9. The number of imidazole rings is 1. The van der Waals surface area contributed by atoms with Gasteiger partial charge >= 0.3 is 12.2 Å². The molecule has 0 saturated carbocycles. The van der Waals surface area contributed by atoms with Crippen LogP contribution in [-0.2, 0) is 0 Å². The summed E-state index contributed by atoms with van der Waals surface area (Å²) in [7, 11) is 0. The van der Waals surface area contributed by atoms with Crippen molar-refractivity contribution in [3.63, 3.8) is 0 Å². The number of nitrogens with zero attached hydrogens (tertiary/aromatic N) is 5. The standard InChI is InChI=1S/C24H21ClF4N8O/c1-12-4-16(26)18(36-23(38)37-3-2-13(9-37)7-24(27,28)29)6-17(12)35-21-15(5-14(25)8-30-21)19-20-22(33-10-31-19)34-11-32-20/h4-6,8,10-11,13H,2-3,7,9H2,1H3,(H,30,35)(H,36,38)(H,31,32,33,34)/t13-/m0/s1. The van der Waals surface area contributed by atoms with Gasteiger partial charge in [0.25, 0.3) is 0 Å². The van der Waals surface area contributed by atoms with Crippen LogP contribution >= 0.6 is 11.6 Å². The number of hydrogen-bond donors (Lipinski definition) is 3. The van der Waals surface area contributed by atoms with Gasteiger partial charge in [0.1, 0.15) is 29.2 Å². The van der Waals surface area contributed by atoms with Crippen LogP contribution in [0.4, 0.5) is 39.5 Å². The molecule has 0 unspecified atom stereocenters. The minimum absolute atomic E-state index is 0.0526. The second-order valence-electron chi connectivity index (χ2n) is 9.00. The molecule has 0 radical (unpaired) electrons. The zero-order valence-corrected chi connectivity index (χ0v) is 20.7. The topological polar surface area (TPSA) is 112 Å². The number of nitrogens with one attached hydrogen (secondary N) is 3. The fourth-order valence-corrected chi connectivity index (χ4v) is 4.58. The first-order valence-electron chi connectivity index (χ1n) is 11.6. The molecule has 3 aromatic heterocycles. The quantitative estimate of drug-likeness (QED) is 0.261. The van der Waals surface area contributed by atoms with E-state index in [0.717, 1.165) is 0 Å². The number of likely N-dealkylation sites (tertiary alicyclic amines) is 1. The van der Waals surface area contributed by atoms with Crippen molar-refractivity contribution in [2.45, 2.75) is 25.9 Å². The summed E-state index contributed by atoms with van der Waals surface area (Å²) < 4.78 is 52.9. The number of carbonyl (C=O) groups excluding carboxylic acids is 1. The molecule has 14 heteroatoms. The number of aryl methyl sites for hydroxylation is 1. The Bertz CT molecular complexity index is 1510. The predicted molar refractivity (Wildman–Crippen MR) is 134 cm³/mol. The van der Waals surface area contributed by atoms with Crippen LogP contribution in [0.2, 0.25) is 5.02 Å². The molecule has 1 atom stereocenters. The highest BCUT2D eigenvalue weighted by atomic mass is 35.5. The molecule has 38 heavy (non-hydrogen) atoms. The number of hydrogen-bond acceptors (Lipinski definition) is 6. The summed E-state index contributed by atoms with van der Waals surface area (Å²) in [6.07, 6.45) is -0.753. The molecule has 4 heterocycles. The van der Waals surface area contributed by atoms with Gasteiger partial charge in [-0.15, -0.1) is 0 Å². The van der Waals surface area contributed by atoms with Gasteiger partial charge in [0.2, 0.25) is 0 Å². The van der Waals surface area contributed by atoms with E-state index in [-0.39, 0.29) is 25.2 Å². The molecule has 198 valence electrons. The lowest BCUT2D eigenvalue weighted by molar-refractivity contribution is -0.143. The van der Waals surface area contributed by atoms with Gasteiger partial charge in [-0.25, -0.2) is 29.1 Å². The van der Waals surface area contributed by atoms with Crippen molar-refractivity contribution in [2.75, 3.05) is 23.7 Å². The van der Waals surface area contributed by atoms with Crippen LogP contribution in [0.5, 0.6) is 0 Å². The zero-order chi connectivity index (χ0) is 27.0. The van der Waals surface area contributed by atoms with Gasteiger partial charge in [-0.3, -0.25) is 0 Å². The number of halogens is 5. The highest BCUT2D eigenvalue weighted by molar-refractivity contribution is 6.30. The van der Waals surface area contributed by atoms with Gasteiger partial charge in [0.05, 0.1) is 17.0 Å². The van der Waals surface area contributed by atoms with Crippen LogP contribution in [0.3, 0.4) is 0 Å². The lowest BCUT2D eigenvalue weighted by atomic mass is 10.1. The van der Waals surface area contributed by atoms with Crippen molar-refractivity contribution in [3.8, 4) is 11.3 Å². The van der Waals surface area contributed by atoms with Crippen LogP contribution in [0.25, 0.3) is 22.4 Å². The van der Waals surface area contributed by atoms with Crippen LogP contribution in [0.15, 0.2) is 37.1 Å². The Morgan fingerprint density at radius 2 is 2.00 bits per heavy atom. The van der Waals surface area contributed by atoms with Gasteiger partial charge in [-0.05, 0) is 43.0 Å². The molecule has 1 saturated heterocycles. The molecule has 9 nitrogen and oxygen atoms in total. The minimum atomic E-state index is -4.30. The number of rotatable bonds is 5. The average molecular weight is 549 g/mol. The van der Waals surface area contributed by atoms with E-state index in [0.29, 0.717) is 44.5 Å². The molecular formula is C24H21ClF4N8O. The lowest BCUT2D eigenvalue weighted by Crippen LogP contribution is -2.33. The number of H-pyrrole nitrogens is 1. The first kappa shape index (κ1) is 25.6. The largest absolute Gasteiger partial charge is 0.389 e. The maximum absolute atomic E-state index is 14.8. The molecule has 1 aliphatic rings. The Morgan fingerprint density at radius 1 is 1.18 bits per heavy atom.